The van der Waals surface area contributed by atoms with E-state index in [1.165, 1.54) is 6.42 Å². The van der Waals surface area contributed by atoms with Crippen LogP contribution in [0.25, 0.3) is 0 Å². The first kappa shape index (κ1) is 12.2. The molecule has 1 saturated heterocycles. The lowest BCUT2D eigenvalue weighted by atomic mass is 9.81. The lowest BCUT2D eigenvalue weighted by Crippen LogP contribution is -2.45. The van der Waals surface area contributed by atoms with E-state index in [-0.39, 0.29) is 18.8 Å². The Morgan fingerprint density at radius 1 is 1.44 bits per heavy atom. The predicted octanol–water partition coefficient (Wildman–Crippen LogP) is 2.44. The summed E-state index contributed by atoms with van der Waals surface area (Å²) in [6, 6.07) is 0.384. The van der Waals surface area contributed by atoms with Crippen LogP contribution in [0.5, 0.6) is 0 Å². The van der Waals surface area contributed by atoms with Gasteiger partial charge in [0, 0.05) is 25.5 Å². The highest BCUT2D eigenvalue weighted by atomic mass is 19.3. The Morgan fingerprint density at radius 3 is 2.75 bits per heavy atom. The number of hydrogen-bond donors (Lipinski definition) is 1. The topological polar surface area (TPSA) is 21.3 Å². The molecule has 2 fully saturated rings. The van der Waals surface area contributed by atoms with Crippen LogP contribution in [0.3, 0.4) is 0 Å². The molecule has 2 rings (SSSR count). The molecule has 0 bridgehead atoms. The minimum atomic E-state index is -2.39. The Labute approximate surface area is 95.7 Å². The molecule has 0 aromatic rings. The zero-order valence-corrected chi connectivity index (χ0v) is 9.85. The van der Waals surface area contributed by atoms with Crippen LogP contribution in [0.4, 0.5) is 8.78 Å². The minimum Gasteiger partial charge on any atom is -0.381 e. The fraction of sp³-hybridized carbons (Fsp3) is 1.00. The van der Waals surface area contributed by atoms with Crippen molar-refractivity contribution in [1.82, 2.24) is 5.32 Å². The van der Waals surface area contributed by atoms with Gasteiger partial charge in [0.2, 0.25) is 5.92 Å². The van der Waals surface area contributed by atoms with Crippen molar-refractivity contribution >= 4 is 0 Å². The number of ether oxygens (including phenoxy) is 1. The van der Waals surface area contributed by atoms with Crippen LogP contribution in [0.15, 0.2) is 0 Å². The quantitative estimate of drug-likeness (QED) is 0.805. The van der Waals surface area contributed by atoms with Gasteiger partial charge in [-0.15, -0.1) is 0 Å². The van der Waals surface area contributed by atoms with Gasteiger partial charge in [-0.25, -0.2) is 8.78 Å². The number of hydrogen-bond acceptors (Lipinski definition) is 2. The van der Waals surface area contributed by atoms with Gasteiger partial charge in [-0.3, -0.25) is 0 Å². The van der Waals surface area contributed by atoms with E-state index in [2.05, 4.69) is 12.2 Å². The molecule has 2 nitrogen and oxygen atoms in total. The van der Waals surface area contributed by atoms with Gasteiger partial charge in [0.15, 0.2) is 0 Å². The normalized spacial score (nSPS) is 32.1. The summed E-state index contributed by atoms with van der Waals surface area (Å²) in [7, 11) is 0. The average molecular weight is 233 g/mol. The molecule has 1 N–H and O–H groups in total. The van der Waals surface area contributed by atoms with Crippen LogP contribution >= 0.6 is 0 Å². The largest absolute Gasteiger partial charge is 0.381 e. The number of rotatable bonds is 4. The van der Waals surface area contributed by atoms with Gasteiger partial charge in [-0.1, -0.05) is 0 Å². The Hall–Kier alpha value is -0.220. The first-order valence-corrected chi connectivity index (χ1v) is 6.26. The van der Waals surface area contributed by atoms with E-state index < -0.39 is 5.92 Å². The monoisotopic (exact) mass is 233 g/mol. The van der Waals surface area contributed by atoms with Gasteiger partial charge < -0.3 is 10.1 Å². The van der Waals surface area contributed by atoms with Crippen LogP contribution in [-0.2, 0) is 4.74 Å². The summed E-state index contributed by atoms with van der Waals surface area (Å²) >= 11 is 0. The zero-order valence-electron chi connectivity index (χ0n) is 9.85. The van der Waals surface area contributed by atoms with E-state index in [1.807, 2.05) is 0 Å². The van der Waals surface area contributed by atoms with Crippen molar-refractivity contribution in [2.75, 3.05) is 19.8 Å². The summed E-state index contributed by atoms with van der Waals surface area (Å²) in [6.07, 6.45) is 2.44. The molecule has 1 heterocycles. The van der Waals surface area contributed by atoms with Gasteiger partial charge >= 0.3 is 0 Å². The van der Waals surface area contributed by atoms with Crippen molar-refractivity contribution in [2.45, 2.75) is 44.6 Å². The summed E-state index contributed by atoms with van der Waals surface area (Å²) in [4.78, 5) is 0. The molecule has 1 aliphatic heterocycles. The van der Waals surface area contributed by atoms with E-state index in [1.54, 1.807) is 0 Å². The van der Waals surface area contributed by atoms with Crippen LogP contribution in [0.2, 0.25) is 0 Å². The van der Waals surface area contributed by atoms with Gasteiger partial charge in [0.25, 0.3) is 0 Å². The molecular formula is C12H21F2NO. The number of halogens is 2. The van der Waals surface area contributed by atoms with E-state index in [0.29, 0.717) is 12.0 Å². The van der Waals surface area contributed by atoms with Crippen molar-refractivity contribution in [3.8, 4) is 0 Å². The molecule has 1 aliphatic carbocycles. The standard InChI is InChI=1S/C12H21F2NO/c1-9(11-3-2-4-16-8-11)15-7-10-5-12(13,14)6-10/h9-11,15H,2-8H2,1H3/t9-,11+/m0/s1. The Morgan fingerprint density at radius 2 is 2.19 bits per heavy atom. The van der Waals surface area contributed by atoms with Crippen molar-refractivity contribution in [1.29, 1.82) is 0 Å². The summed E-state index contributed by atoms with van der Waals surface area (Å²) in [5, 5.41) is 3.38. The second-order valence-corrected chi connectivity index (χ2v) is 5.30. The molecule has 0 spiro atoms. The third-order valence-corrected chi connectivity index (χ3v) is 3.81. The molecule has 16 heavy (non-hydrogen) atoms. The van der Waals surface area contributed by atoms with Gasteiger partial charge in [0.1, 0.15) is 0 Å². The Kier molecular flexibility index (Phi) is 3.80. The number of alkyl halides is 2. The van der Waals surface area contributed by atoms with E-state index in [0.717, 1.165) is 26.2 Å². The van der Waals surface area contributed by atoms with Crippen molar-refractivity contribution in [2.24, 2.45) is 11.8 Å². The predicted molar refractivity (Wildman–Crippen MR) is 58.7 cm³/mol. The maximum atomic E-state index is 12.6. The SMILES string of the molecule is C[C@H](NCC1CC(F)(F)C1)[C@@H]1CCCOC1. The molecule has 0 unspecified atom stereocenters. The van der Waals surface area contributed by atoms with E-state index in [9.17, 15) is 8.78 Å². The molecule has 0 radical (unpaired) electrons. The molecule has 2 aliphatic rings. The Balaban J connectivity index is 1.62. The summed E-state index contributed by atoms with van der Waals surface area (Å²) in [5.74, 6) is -1.67. The highest BCUT2D eigenvalue weighted by Crippen LogP contribution is 2.41. The fourth-order valence-corrected chi connectivity index (χ4v) is 2.61. The van der Waals surface area contributed by atoms with Gasteiger partial charge in [0.05, 0.1) is 6.61 Å². The molecule has 0 amide bonds. The molecular weight excluding hydrogens is 212 g/mol. The van der Waals surface area contributed by atoms with E-state index in [4.69, 9.17) is 4.74 Å². The molecule has 0 aromatic carbocycles. The molecule has 0 aromatic heterocycles. The Bertz CT molecular complexity index is 221. The van der Waals surface area contributed by atoms with E-state index >= 15 is 0 Å². The summed E-state index contributed by atoms with van der Waals surface area (Å²) in [5.41, 5.74) is 0. The number of nitrogens with one attached hydrogen (secondary N) is 1. The first-order valence-electron chi connectivity index (χ1n) is 6.26. The molecule has 2 atom stereocenters. The highest BCUT2D eigenvalue weighted by Gasteiger charge is 2.44. The van der Waals surface area contributed by atoms with Crippen LogP contribution in [-0.4, -0.2) is 31.7 Å². The molecule has 1 saturated carbocycles. The van der Waals surface area contributed by atoms with Crippen molar-refractivity contribution < 1.29 is 13.5 Å². The zero-order chi connectivity index (χ0) is 11.6. The second-order valence-electron chi connectivity index (χ2n) is 5.30. The molecule has 94 valence electrons. The summed E-state index contributed by atoms with van der Waals surface area (Å²) in [6.45, 7) is 4.55. The summed E-state index contributed by atoms with van der Waals surface area (Å²) < 4.78 is 30.7. The highest BCUT2D eigenvalue weighted by molar-refractivity contribution is 4.88. The maximum Gasteiger partial charge on any atom is 0.248 e. The first-order chi connectivity index (χ1) is 7.57. The van der Waals surface area contributed by atoms with Gasteiger partial charge in [-0.2, -0.15) is 0 Å². The van der Waals surface area contributed by atoms with Crippen LogP contribution in [0, 0.1) is 11.8 Å². The van der Waals surface area contributed by atoms with Crippen LogP contribution < -0.4 is 5.32 Å². The third-order valence-electron chi connectivity index (χ3n) is 3.81. The van der Waals surface area contributed by atoms with Crippen LogP contribution in [0.1, 0.15) is 32.6 Å². The maximum absolute atomic E-state index is 12.6. The second kappa shape index (κ2) is 4.96. The van der Waals surface area contributed by atoms with Gasteiger partial charge in [-0.05, 0) is 38.1 Å². The average Bonchev–Trinajstić information content (AvgIpc) is 2.24. The minimum absolute atomic E-state index is 0.0634. The lowest BCUT2D eigenvalue weighted by Gasteiger charge is -2.37. The molecule has 4 heteroatoms. The third kappa shape index (κ3) is 3.14. The smallest absolute Gasteiger partial charge is 0.248 e. The fourth-order valence-electron chi connectivity index (χ4n) is 2.61. The lowest BCUT2D eigenvalue weighted by molar-refractivity contribution is -0.110. The van der Waals surface area contributed by atoms with Crippen molar-refractivity contribution in [3.05, 3.63) is 0 Å². The van der Waals surface area contributed by atoms with Crippen molar-refractivity contribution in [3.63, 3.8) is 0 Å².